The Kier molecular flexibility index (Phi) is 5.83. The molecule has 17 heavy (non-hydrogen) atoms. The third-order valence-electron chi connectivity index (χ3n) is 2.11. The molecule has 1 aromatic carbocycles. The fourth-order valence-electron chi connectivity index (χ4n) is 1.37. The molecule has 0 heterocycles. The van der Waals surface area contributed by atoms with Crippen molar-refractivity contribution in [1.82, 2.24) is 4.90 Å². The molecule has 0 bridgehead atoms. The van der Waals surface area contributed by atoms with Gasteiger partial charge in [0.15, 0.2) is 0 Å². The van der Waals surface area contributed by atoms with Gasteiger partial charge in [-0.3, -0.25) is 0 Å². The minimum Gasteiger partial charge on any atom is -0.390 e. The van der Waals surface area contributed by atoms with Crippen LogP contribution < -0.4 is 5.32 Å². The first-order chi connectivity index (χ1) is 7.90. The van der Waals surface area contributed by atoms with Crippen LogP contribution in [0.3, 0.4) is 0 Å². The fraction of sp³-hybridized carbons (Fsp3) is 0.455. The molecule has 0 radical (unpaired) electrons. The van der Waals surface area contributed by atoms with E-state index < -0.39 is 6.10 Å². The number of halogens is 3. The van der Waals surface area contributed by atoms with Crippen molar-refractivity contribution in [2.45, 2.75) is 6.10 Å². The van der Waals surface area contributed by atoms with Gasteiger partial charge in [0.05, 0.1) is 26.9 Å². The summed E-state index contributed by atoms with van der Waals surface area (Å²) in [4.78, 5) is 1.91. The van der Waals surface area contributed by atoms with Crippen molar-refractivity contribution in [1.29, 1.82) is 0 Å². The topological polar surface area (TPSA) is 35.5 Å². The van der Waals surface area contributed by atoms with Gasteiger partial charge in [0.25, 0.3) is 0 Å². The number of nitrogens with one attached hydrogen (secondary N) is 1. The molecule has 0 fully saturated rings. The van der Waals surface area contributed by atoms with E-state index in [4.69, 9.17) is 34.8 Å². The van der Waals surface area contributed by atoms with Gasteiger partial charge >= 0.3 is 0 Å². The van der Waals surface area contributed by atoms with Gasteiger partial charge < -0.3 is 15.3 Å². The van der Waals surface area contributed by atoms with Crippen LogP contribution in [-0.2, 0) is 0 Å². The summed E-state index contributed by atoms with van der Waals surface area (Å²) in [5, 5.41) is 14.1. The van der Waals surface area contributed by atoms with Gasteiger partial charge in [0.2, 0.25) is 0 Å². The SMILES string of the molecule is CN(C)CC(O)CNc1cc(Cl)c(Cl)cc1Cl. The molecular formula is C11H15Cl3N2O. The Hall–Kier alpha value is -0.190. The zero-order valence-electron chi connectivity index (χ0n) is 9.67. The summed E-state index contributed by atoms with van der Waals surface area (Å²) < 4.78 is 0. The first kappa shape index (κ1) is 14.9. The number of aliphatic hydroxyl groups excluding tert-OH is 1. The number of rotatable bonds is 5. The highest BCUT2D eigenvalue weighted by atomic mass is 35.5. The molecule has 1 aromatic rings. The van der Waals surface area contributed by atoms with E-state index in [2.05, 4.69) is 5.32 Å². The molecule has 0 amide bonds. The van der Waals surface area contributed by atoms with E-state index >= 15 is 0 Å². The third-order valence-corrected chi connectivity index (χ3v) is 3.15. The Morgan fingerprint density at radius 1 is 1.18 bits per heavy atom. The predicted molar refractivity (Wildman–Crippen MR) is 74.5 cm³/mol. The summed E-state index contributed by atoms with van der Waals surface area (Å²) in [5.74, 6) is 0. The number of anilines is 1. The molecule has 0 spiro atoms. The van der Waals surface area contributed by atoms with Crippen LogP contribution in [0.4, 0.5) is 5.69 Å². The highest BCUT2D eigenvalue weighted by Gasteiger charge is 2.09. The molecule has 0 aliphatic rings. The Bertz CT molecular complexity index is 385. The smallest absolute Gasteiger partial charge is 0.0838 e. The fourth-order valence-corrected chi connectivity index (χ4v) is 1.99. The summed E-state index contributed by atoms with van der Waals surface area (Å²) in [5.41, 5.74) is 0.666. The summed E-state index contributed by atoms with van der Waals surface area (Å²) in [6.07, 6.45) is -0.476. The van der Waals surface area contributed by atoms with Gasteiger partial charge in [0, 0.05) is 13.1 Å². The van der Waals surface area contributed by atoms with Gasteiger partial charge in [-0.05, 0) is 26.2 Å². The average Bonchev–Trinajstić information content (AvgIpc) is 2.20. The Balaban J connectivity index is 2.60. The van der Waals surface area contributed by atoms with Crippen LogP contribution in [0.15, 0.2) is 12.1 Å². The lowest BCUT2D eigenvalue weighted by Crippen LogP contribution is -2.31. The van der Waals surface area contributed by atoms with E-state index in [1.165, 1.54) is 0 Å². The van der Waals surface area contributed by atoms with Crippen molar-refractivity contribution in [3.63, 3.8) is 0 Å². The van der Waals surface area contributed by atoms with Crippen molar-refractivity contribution in [2.75, 3.05) is 32.5 Å². The van der Waals surface area contributed by atoms with Crippen LogP contribution in [0.1, 0.15) is 0 Å². The number of likely N-dealkylation sites (N-methyl/N-ethyl adjacent to an activating group) is 1. The van der Waals surface area contributed by atoms with Crippen molar-refractivity contribution < 1.29 is 5.11 Å². The maximum atomic E-state index is 9.69. The van der Waals surface area contributed by atoms with Gasteiger partial charge in [0.1, 0.15) is 0 Å². The zero-order valence-corrected chi connectivity index (χ0v) is 11.9. The van der Waals surface area contributed by atoms with Crippen LogP contribution in [0, 0.1) is 0 Å². The molecular weight excluding hydrogens is 282 g/mol. The number of nitrogens with zero attached hydrogens (tertiary/aromatic N) is 1. The lowest BCUT2D eigenvalue weighted by atomic mass is 10.3. The highest BCUT2D eigenvalue weighted by Crippen LogP contribution is 2.32. The van der Waals surface area contributed by atoms with Crippen LogP contribution in [0.25, 0.3) is 0 Å². The molecule has 0 aliphatic heterocycles. The summed E-state index contributed by atoms with van der Waals surface area (Å²) in [6.45, 7) is 0.974. The van der Waals surface area contributed by atoms with E-state index in [1.807, 2.05) is 19.0 Å². The first-order valence-corrected chi connectivity index (χ1v) is 6.24. The minimum absolute atomic E-state index is 0.399. The molecule has 96 valence electrons. The Morgan fingerprint density at radius 2 is 1.76 bits per heavy atom. The Labute approximate surface area is 116 Å². The van der Waals surface area contributed by atoms with E-state index in [0.717, 1.165) is 0 Å². The van der Waals surface area contributed by atoms with Gasteiger partial charge in [-0.15, -0.1) is 0 Å². The van der Waals surface area contributed by atoms with Gasteiger partial charge in [-0.25, -0.2) is 0 Å². The molecule has 0 aromatic heterocycles. The van der Waals surface area contributed by atoms with Crippen LogP contribution in [0.2, 0.25) is 15.1 Å². The van der Waals surface area contributed by atoms with Crippen LogP contribution in [-0.4, -0.2) is 43.3 Å². The summed E-state index contributed by atoms with van der Waals surface area (Å²) in [7, 11) is 3.80. The number of benzene rings is 1. The maximum absolute atomic E-state index is 9.69. The van der Waals surface area contributed by atoms with E-state index in [1.54, 1.807) is 12.1 Å². The first-order valence-electron chi connectivity index (χ1n) is 5.11. The van der Waals surface area contributed by atoms with E-state index in [9.17, 15) is 5.11 Å². The second-order valence-electron chi connectivity index (χ2n) is 4.04. The van der Waals surface area contributed by atoms with Crippen molar-refractivity contribution >= 4 is 40.5 Å². The average molecular weight is 298 g/mol. The van der Waals surface area contributed by atoms with Gasteiger partial charge in [-0.2, -0.15) is 0 Å². The lowest BCUT2D eigenvalue weighted by molar-refractivity contribution is 0.148. The van der Waals surface area contributed by atoms with Crippen molar-refractivity contribution in [3.05, 3.63) is 27.2 Å². The molecule has 3 nitrogen and oxygen atoms in total. The minimum atomic E-state index is -0.476. The van der Waals surface area contributed by atoms with E-state index in [0.29, 0.717) is 33.8 Å². The number of hydrogen-bond acceptors (Lipinski definition) is 3. The number of aliphatic hydroxyl groups is 1. The van der Waals surface area contributed by atoms with Crippen LogP contribution >= 0.6 is 34.8 Å². The molecule has 0 saturated carbocycles. The second-order valence-corrected chi connectivity index (χ2v) is 5.26. The predicted octanol–water partition coefficient (Wildman–Crippen LogP) is 2.98. The molecule has 0 saturated heterocycles. The molecule has 2 N–H and O–H groups in total. The molecule has 1 rings (SSSR count). The van der Waals surface area contributed by atoms with Crippen LogP contribution in [0.5, 0.6) is 0 Å². The lowest BCUT2D eigenvalue weighted by Gasteiger charge is -2.17. The largest absolute Gasteiger partial charge is 0.390 e. The molecule has 1 unspecified atom stereocenters. The molecule has 6 heteroatoms. The molecule has 0 aliphatic carbocycles. The standard InChI is InChI=1S/C11H15Cl3N2O/c1-16(2)6-7(17)5-15-11-4-9(13)8(12)3-10(11)14/h3-4,7,15,17H,5-6H2,1-2H3. The normalized spacial score (nSPS) is 12.9. The number of hydrogen-bond donors (Lipinski definition) is 2. The van der Waals surface area contributed by atoms with Crippen molar-refractivity contribution in [3.8, 4) is 0 Å². The third kappa shape index (κ3) is 4.90. The van der Waals surface area contributed by atoms with Crippen molar-refractivity contribution in [2.24, 2.45) is 0 Å². The summed E-state index contributed by atoms with van der Waals surface area (Å²) >= 11 is 17.7. The molecule has 1 atom stereocenters. The zero-order chi connectivity index (χ0) is 13.0. The van der Waals surface area contributed by atoms with Gasteiger partial charge in [-0.1, -0.05) is 34.8 Å². The Morgan fingerprint density at radius 3 is 2.35 bits per heavy atom. The van der Waals surface area contributed by atoms with E-state index in [-0.39, 0.29) is 0 Å². The quantitative estimate of drug-likeness (QED) is 0.820. The second kappa shape index (κ2) is 6.66. The monoisotopic (exact) mass is 296 g/mol. The maximum Gasteiger partial charge on any atom is 0.0838 e. The highest BCUT2D eigenvalue weighted by molar-refractivity contribution is 6.44. The summed E-state index contributed by atoms with van der Waals surface area (Å²) in [6, 6.07) is 3.22.